The molecule has 0 radical (unpaired) electrons. The van der Waals surface area contributed by atoms with Crippen molar-refractivity contribution in [3.05, 3.63) is 71.3 Å². The maximum atomic E-state index is 13.8. The first-order chi connectivity index (χ1) is 13.6. The van der Waals surface area contributed by atoms with Crippen LogP contribution in [0.3, 0.4) is 0 Å². The average Bonchev–Trinajstić information content (AvgIpc) is 3.37. The summed E-state index contributed by atoms with van der Waals surface area (Å²) in [4.78, 5) is 18.2. The SMILES string of the molecule is CN(CCc1ccccc1)C1(C(=O)N2CC[C@H](CN)C2)Cc2ccccc2C1. The van der Waals surface area contributed by atoms with Crippen molar-refractivity contribution in [3.8, 4) is 0 Å². The Balaban J connectivity index is 1.56. The van der Waals surface area contributed by atoms with E-state index in [1.54, 1.807) is 0 Å². The molecule has 2 aromatic carbocycles. The molecule has 1 fully saturated rings. The molecule has 2 aromatic rings. The molecule has 28 heavy (non-hydrogen) atoms. The molecule has 0 saturated carbocycles. The van der Waals surface area contributed by atoms with Gasteiger partial charge in [0.1, 0.15) is 5.54 Å². The van der Waals surface area contributed by atoms with Gasteiger partial charge in [0.2, 0.25) is 5.91 Å². The van der Waals surface area contributed by atoms with Crippen molar-refractivity contribution < 1.29 is 4.79 Å². The Labute approximate surface area is 168 Å². The minimum Gasteiger partial charge on any atom is -0.341 e. The van der Waals surface area contributed by atoms with Gasteiger partial charge in [-0.1, -0.05) is 54.6 Å². The van der Waals surface area contributed by atoms with Gasteiger partial charge in [-0.25, -0.2) is 0 Å². The van der Waals surface area contributed by atoms with Gasteiger partial charge in [0.25, 0.3) is 0 Å². The second-order valence-electron chi connectivity index (χ2n) is 8.45. The zero-order valence-electron chi connectivity index (χ0n) is 16.8. The summed E-state index contributed by atoms with van der Waals surface area (Å²) in [6.45, 7) is 3.18. The van der Waals surface area contributed by atoms with E-state index in [1.807, 2.05) is 6.07 Å². The Kier molecular flexibility index (Phi) is 5.51. The van der Waals surface area contributed by atoms with E-state index in [0.29, 0.717) is 12.5 Å². The van der Waals surface area contributed by atoms with Crippen molar-refractivity contribution in [1.29, 1.82) is 0 Å². The number of likely N-dealkylation sites (N-methyl/N-ethyl adjacent to an activating group) is 1. The van der Waals surface area contributed by atoms with Crippen LogP contribution in [0.5, 0.6) is 0 Å². The van der Waals surface area contributed by atoms with E-state index in [-0.39, 0.29) is 5.91 Å². The number of fused-ring (bicyclic) bond motifs is 1. The fourth-order valence-corrected chi connectivity index (χ4v) is 4.84. The van der Waals surface area contributed by atoms with Crippen molar-refractivity contribution in [2.24, 2.45) is 11.7 Å². The molecule has 1 amide bonds. The van der Waals surface area contributed by atoms with Crippen LogP contribution in [0.4, 0.5) is 0 Å². The molecule has 2 N–H and O–H groups in total. The minimum atomic E-state index is -0.470. The largest absolute Gasteiger partial charge is 0.341 e. The normalized spacial score (nSPS) is 20.5. The smallest absolute Gasteiger partial charge is 0.243 e. The number of likely N-dealkylation sites (tertiary alicyclic amines) is 1. The fraction of sp³-hybridized carbons (Fsp3) is 0.458. The van der Waals surface area contributed by atoms with Crippen molar-refractivity contribution in [2.75, 3.05) is 33.2 Å². The first kappa shape index (κ1) is 19.2. The molecule has 1 saturated heterocycles. The molecule has 1 heterocycles. The molecule has 1 aliphatic heterocycles. The highest BCUT2D eigenvalue weighted by atomic mass is 16.2. The maximum absolute atomic E-state index is 13.8. The third-order valence-corrected chi connectivity index (χ3v) is 6.70. The van der Waals surface area contributed by atoms with Crippen LogP contribution in [0.15, 0.2) is 54.6 Å². The Hall–Kier alpha value is -2.17. The van der Waals surface area contributed by atoms with Crippen LogP contribution >= 0.6 is 0 Å². The number of hydrogen-bond acceptors (Lipinski definition) is 3. The number of nitrogens with zero attached hydrogens (tertiary/aromatic N) is 2. The standard InChI is InChI=1S/C24H31N3O/c1-26(13-11-19-7-3-2-4-8-19)24(15-21-9-5-6-10-22(21)16-24)23(28)27-14-12-20(17-25)18-27/h2-10,20H,11-18,25H2,1H3/t20-/m1/s1. The Bertz CT molecular complexity index is 795. The summed E-state index contributed by atoms with van der Waals surface area (Å²) < 4.78 is 0. The second kappa shape index (κ2) is 8.06. The molecule has 0 aromatic heterocycles. The summed E-state index contributed by atoms with van der Waals surface area (Å²) in [5.74, 6) is 0.731. The van der Waals surface area contributed by atoms with E-state index >= 15 is 0 Å². The summed E-state index contributed by atoms with van der Waals surface area (Å²) in [7, 11) is 2.13. The topological polar surface area (TPSA) is 49.6 Å². The first-order valence-electron chi connectivity index (χ1n) is 10.4. The van der Waals surface area contributed by atoms with Crippen molar-refractivity contribution in [1.82, 2.24) is 9.80 Å². The van der Waals surface area contributed by atoms with E-state index in [2.05, 4.69) is 65.4 Å². The molecule has 0 unspecified atom stereocenters. The summed E-state index contributed by atoms with van der Waals surface area (Å²) >= 11 is 0. The van der Waals surface area contributed by atoms with E-state index in [0.717, 1.165) is 45.3 Å². The molecule has 1 atom stereocenters. The van der Waals surface area contributed by atoms with Crippen molar-refractivity contribution in [2.45, 2.75) is 31.2 Å². The minimum absolute atomic E-state index is 0.287. The molecule has 0 spiro atoms. The van der Waals surface area contributed by atoms with E-state index in [4.69, 9.17) is 5.73 Å². The van der Waals surface area contributed by atoms with Gasteiger partial charge in [-0.15, -0.1) is 0 Å². The highest BCUT2D eigenvalue weighted by molar-refractivity contribution is 5.88. The van der Waals surface area contributed by atoms with Gasteiger partial charge in [0.15, 0.2) is 0 Å². The van der Waals surface area contributed by atoms with Gasteiger partial charge in [0, 0.05) is 32.5 Å². The lowest BCUT2D eigenvalue weighted by Gasteiger charge is -2.40. The molecular formula is C24H31N3O. The molecule has 4 heteroatoms. The predicted molar refractivity (Wildman–Crippen MR) is 113 cm³/mol. The van der Waals surface area contributed by atoms with E-state index < -0.39 is 5.54 Å². The molecule has 0 bridgehead atoms. The van der Waals surface area contributed by atoms with Crippen molar-refractivity contribution >= 4 is 5.91 Å². The van der Waals surface area contributed by atoms with E-state index in [9.17, 15) is 4.79 Å². The quantitative estimate of drug-likeness (QED) is 0.842. The fourth-order valence-electron chi connectivity index (χ4n) is 4.84. The van der Waals surface area contributed by atoms with Crippen molar-refractivity contribution in [3.63, 3.8) is 0 Å². The van der Waals surface area contributed by atoms with Gasteiger partial charge >= 0.3 is 0 Å². The average molecular weight is 378 g/mol. The summed E-state index contributed by atoms with van der Waals surface area (Å²) in [5.41, 5.74) is 9.35. The van der Waals surface area contributed by atoms with Gasteiger partial charge < -0.3 is 10.6 Å². The number of rotatable bonds is 6. The van der Waals surface area contributed by atoms with Crippen LogP contribution in [0.1, 0.15) is 23.1 Å². The monoisotopic (exact) mass is 377 g/mol. The lowest BCUT2D eigenvalue weighted by atomic mass is 9.91. The number of carbonyl (C=O) groups excluding carboxylic acids is 1. The highest BCUT2D eigenvalue weighted by Crippen LogP contribution is 2.37. The summed E-state index contributed by atoms with van der Waals surface area (Å²) in [6.07, 6.45) is 3.58. The third-order valence-electron chi connectivity index (χ3n) is 6.70. The van der Waals surface area contributed by atoms with Gasteiger partial charge in [-0.05, 0) is 49.0 Å². The lowest BCUT2D eigenvalue weighted by molar-refractivity contribution is -0.142. The predicted octanol–water partition coefficient (Wildman–Crippen LogP) is 2.51. The number of hydrogen-bond donors (Lipinski definition) is 1. The molecule has 4 rings (SSSR count). The molecular weight excluding hydrogens is 346 g/mol. The number of amides is 1. The van der Waals surface area contributed by atoms with Crippen LogP contribution in [-0.4, -0.2) is 54.5 Å². The molecule has 1 aliphatic carbocycles. The third kappa shape index (κ3) is 3.59. The van der Waals surface area contributed by atoms with Gasteiger partial charge in [-0.2, -0.15) is 0 Å². The van der Waals surface area contributed by atoms with Crippen LogP contribution in [0.2, 0.25) is 0 Å². The zero-order valence-corrected chi connectivity index (χ0v) is 16.8. The Morgan fingerprint density at radius 3 is 2.36 bits per heavy atom. The lowest BCUT2D eigenvalue weighted by Crippen LogP contribution is -2.59. The zero-order chi connectivity index (χ0) is 19.6. The number of benzene rings is 2. The maximum Gasteiger partial charge on any atom is 0.243 e. The van der Waals surface area contributed by atoms with Crippen LogP contribution < -0.4 is 5.73 Å². The highest BCUT2D eigenvalue weighted by Gasteiger charge is 2.49. The van der Waals surface area contributed by atoms with E-state index in [1.165, 1.54) is 16.7 Å². The first-order valence-corrected chi connectivity index (χ1v) is 10.4. The van der Waals surface area contributed by atoms with Crippen LogP contribution in [0, 0.1) is 5.92 Å². The molecule has 148 valence electrons. The number of nitrogens with two attached hydrogens (primary N) is 1. The van der Waals surface area contributed by atoms with Gasteiger partial charge in [-0.3, -0.25) is 9.69 Å². The molecule has 4 nitrogen and oxygen atoms in total. The van der Waals surface area contributed by atoms with Crippen LogP contribution in [0.25, 0.3) is 0 Å². The van der Waals surface area contributed by atoms with Crippen LogP contribution in [-0.2, 0) is 24.1 Å². The second-order valence-corrected chi connectivity index (χ2v) is 8.45. The summed E-state index contributed by atoms with van der Waals surface area (Å²) in [5, 5.41) is 0. The Morgan fingerprint density at radius 2 is 1.75 bits per heavy atom. The molecule has 2 aliphatic rings. The number of carbonyl (C=O) groups is 1. The summed E-state index contributed by atoms with van der Waals surface area (Å²) in [6, 6.07) is 19.1. The Morgan fingerprint density at radius 1 is 1.11 bits per heavy atom. The van der Waals surface area contributed by atoms with Gasteiger partial charge in [0.05, 0.1) is 0 Å².